The topological polar surface area (TPSA) is 64.9 Å². The highest BCUT2D eigenvalue weighted by atomic mass is 16.5. The maximum absolute atomic E-state index is 5.35. The van der Waals surface area contributed by atoms with Gasteiger partial charge in [0.15, 0.2) is 0 Å². The molecule has 0 aromatic carbocycles. The fourth-order valence-electron chi connectivity index (χ4n) is 1.96. The molecule has 6 nitrogen and oxygen atoms in total. The van der Waals surface area contributed by atoms with E-state index >= 15 is 0 Å². The molecule has 18 heavy (non-hydrogen) atoms. The lowest BCUT2D eigenvalue weighted by atomic mass is 10.3. The normalized spacial score (nSPS) is 19.1. The largest absolute Gasteiger partial charge is 0.379 e. The fraction of sp³-hybridized carbons (Fsp3) is 0.417. The minimum absolute atomic E-state index is 0.347. The van der Waals surface area contributed by atoms with Crippen LogP contribution in [0.5, 0.6) is 0 Å². The molecule has 1 N–H and O–H groups in total. The zero-order valence-corrected chi connectivity index (χ0v) is 10.1. The van der Waals surface area contributed by atoms with Crippen LogP contribution >= 0.6 is 0 Å². The summed E-state index contributed by atoms with van der Waals surface area (Å²) in [4.78, 5) is 8.20. The SMILES string of the molecule is Cc1n[c]cc(Nc2cnn([C@@H]3CCOC3)c2)n1. The van der Waals surface area contributed by atoms with Crippen molar-refractivity contribution in [2.75, 3.05) is 18.5 Å². The van der Waals surface area contributed by atoms with E-state index in [-0.39, 0.29) is 0 Å². The van der Waals surface area contributed by atoms with E-state index in [1.165, 1.54) is 0 Å². The third-order valence-corrected chi connectivity index (χ3v) is 2.86. The van der Waals surface area contributed by atoms with Crippen molar-refractivity contribution in [2.24, 2.45) is 0 Å². The van der Waals surface area contributed by atoms with Crippen LogP contribution in [0.25, 0.3) is 0 Å². The van der Waals surface area contributed by atoms with Crippen LogP contribution in [0.3, 0.4) is 0 Å². The maximum Gasteiger partial charge on any atom is 0.134 e. The Morgan fingerprint density at radius 3 is 3.28 bits per heavy atom. The Hall–Kier alpha value is -1.95. The highest BCUT2D eigenvalue weighted by molar-refractivity contribution is 5.53. The van der Waals surface area contributed by atoms with Crippen LogP contribution in [0, 0.1) is 13.1 Å². The van der Waals surface area contributed by atoms with Gasteiger partial charge in [-0.25, -0.2) is 9.97 Å². The summed E-state index contributed by atoms with van der Waals surface area (Å²) in [5.74, 6) is 1.42. The summed E-state index contributed by atoms with van der Waals surface area (Å²) in [5.41, 5.74) is 0.911. The molecule has 0 aliphatic carbocycles. The average molecular weight is 244 g/mol. The third-order valence-electron chi connectivity index (χ3n) is 2.86. The minimum atomic E-state index is 0.347. The van der Waals surface area contributed by atoms with Gasteiger partial charge in [0.25, 0.3) is 0 Å². The highest BCUT2D eigenvalue weighted by Gasteiger charge is 2.18. The van der Waals surface area contributed by atoms with Gasteiger partial charge in [-0.3, -0.25) is 4.68 Å². The van der Waals surface area contributed by atoms with Crippen LogP contribution in [0.2, 0.25) is 0 Å². The lowest BCUT2D eigenvalue weighted by molar-refractivity contribution is 0.184. The number of hydrogen-bond donors (Lipinski definition) is 1. The first-order valence-electron chi connectivity index (χ1n) is 5.92. The molecule has 1 fully saturated rings. The number of ether oxygens (including phenoxy) is 1. The predicted molar refractivity (Wildman–Crippen MR) is 65.6 cm³/mol. The third kappa shape index (κ3) is 2.33. The molecule has 0 unspecified atom stereocenters. The Balaban J connectivity index is 1.73. The Morgan fingerprint density at radius 1 is 1.56 bits per heavy atom. The van der Waals surface area contributed by atoms with Gasteiger partial charge >= 0.3 is 0 Å². The van der Waals surface area contributed by atoms with Crippen molar-refractivity contribution in [3.63, 3.8) is 0 Å². The zero-order chi connectivity index (χ0) is 12.4. The van der Waals surface area contributed by atoms with Crippen molar-refractivity contribution < 1.29 is 4.74 Å². The lowest BCUT2D eigenvalue weighted by Gasteiger charge is -2.07. The summed E-state index contributed by atoms with van der Waals surface area (Å²) in [7, 11) is 0. The molecule has 0 amide bonds. The van der Waals surface area contributed by atoms with Crippen LogP contribution in [-0.4, -0.2) is 33.0 Å². The molecule has 1 radical (unpaired) electrons. The quantitative estimate of drug-likeness (QED) is 0.886. The molecule has 2 aromatic heterocycles. The van der Waals surface area contributed by atoms with Gasteiger partial charge in [-0.05, 0) is 13.3 Å². The molecule has 0 bridgehead atoms. The first-order chi connectivity index (χ1) is 8.81. The molecule has 3 rings (SSSR count). The van der Waals surface area contributed by atoms with Crippen LogP contribution in [-0.2, 0) is 4.74 Å². The Kier molecular flexibility index (Phi) is 2.93. The summed E-state index contributed by atoms with van der Waals surface area (Å²) in [6.07, 6.45) is 7.56. The van der Waals surface area contributed by atoms with E-state index in [1.807, 2.05) is 17.8 Å². The van der Waals surface area contributed by atoms with E-state index in [4.69, 9.17) is 4.74 Å². The molecule has 1 atom stereocenters. The van der Waals surface area contributed by atoms with Crippen LogP contribution in [0.1, 0.15) is 18.3 Å². The number of anilines is 2. The van der Waals surface area contributed by atoms with Gasteiger partial charge in [-0.2, -0.15) is 5.10 Å². The van der Waals surface area contributed by atoms with Gasteiger partial charge in [0.1, 0.15) is 11.6 Å². The second kappa shape index (κ2) is 4.73. The molecule has 2 aromatic rings. The molecule has 93 valence electrons. The summed E-state index contributed by atoms with van der Waals surface area (Å²) in [6, 6.07) is 2.06. The summed E-state index contributed by atoms with van der Waals surface area (Å²) in [5, 5.41) is 7.52. The Bertz CT molecular complexity index is 533. The number of aryl methyl sites for hydroxylation is 1. The molecule has 6 heteroatoms. The van der Waals surface area contributed by atoms with E-state index in [1.54, 1.807) is 12.3 Å². The summed E-state index contributed by atoms with van der Waals surface area (Å²) >= 11 is 0. The standard InChI is InChI=1S/C12H14N5O/c1-9-13-4-2-12(15-9)16-10-6-14-17(7-10)11-3-5-18-8-11/h2,6-7,11H,3,5,8H2,1H3,(H,13,15,16)/t11-/m1/s1. The highest BCUT2D eigenvalue weighted by Crippen LogP contribution is 2.20. The monoisotopic (exact) mass is 244 g/mol. The van der Waals surface area contributed by atoms with E-state index in [0.717, 1.165) is 31.1 Å². The van der Waals surface area contributed by atoms with Crippen molar-refractivity contribution in [3.8, 4) is 0 Å². The van der Waals surface area contributed by atoms with Gasteiger partial charge in [0, 0.05) is 18.9 Å². The fourth-order valence-corrected chi connectivity index (χ4v) is 1.96. The first kappa shape index (κ1) is 11.2. The lowest BCUT2D eigenvalue weighted by Crippen LogP contribution is -2.08. The van der Waals surface area contributed by atoms with Gasteiger partial charge < -0.3 is 10.1 Å². The predicted octanol–water partition coefficient (Wildman–Crippen LogP) is 1.49. The van der Waals surface area contributed by atoms with Crippen LogP contribution in [0.4, 0.5) is 11.5 Å². The number of rotatable bonds is 3. The minimum Gasteiger partial charge on any atom is -0.379 e. The van der Waals surface area contributed by atoms with Crippen LogP contribution < -0.4 is 5.32 Å². The number of nitrogens with one attached hydrogen (secondary N) is 1. The second-order valence-corrected chi connectivity index (χ2v) is 4.28. The van der Waals surface area contributed by atoms with Crippen molar-refractivity contribution in [3.05, 3.63) is 30.5 Å². The van der Waals surface area contributed by atoms with Crippen LogP contribution in [0.15, 0.2) is 18.5 Å². The van der Waals surface area contributed by atoms with Crippen molar-refractivity contribution in [1.82, 2.24) is 19.7 Å². The van der Waals surface area contributed by atoms with Gasteiger partial charge in [0.2, 0.25) is 0 Å². The van der Waals surface area contributed by atoms with Gasteiger partial charge in [0.05, 0.1) is 30.7 Å². The Labute approximate surface area is 105 Å². The van der Waals surface area contributed by atoms with Gasteiger partial charge in [-0.1, -0.05) is 0 Å². The molecule has 3 heterocycles. The molecule has 1 aliphatic rings. The Morgan fingerprint density at radius 2 is 2.50 bits per heavy atom. The number of nitrogens with zero attached hydrogens (tertiary/aromatic N) is 4. The molecule has 1 saturated heterocycles. The van der Waals surface area contributed by atoms with Crippen molar-refractivity contribution >= 4 is 11.5 Å². The van der Waals surface area contributed by atoms with E-state index in [0.29, 0.717) is 11.9 Å². The van der Waals surface area contributed by atoms with E-state index < -0.39 is 0 Å². The molecule has 0 spiro atoms. The molecular formula is C12H14N5O. The second-order valence-electron chi connectivity index (χ2n) is 4.28. The summed E-state index contributed by atoms with van der Waals surface area (Å²) < 4.78 is 7.29. The molecular weight excluding hydrogens is 230 g/mol. The van der Waals surface area contributed by atoms with Gasteiger partial charge in [-0.15, -0.1) is 0 Å². The first-order valence-corrected chi connectivity index (χ1v) is 5.92. The van der Waals surface area contributed by atoms with Crippen molar-refractivity contribution in [2.45, 2.75) is 19.4 Å². The molecule has 0 saturated carbocycles. The molecule has 1 aliphatic heterocycles. The smallest absolute Gasteiger partial charge is 0.134 e. The zero-order valence-electron chi connectivity index (χ0n) is 10.1. The summed E-state index contributed by atoms with van der Waals surface area (Å²) in [6.45, 7) is 3.38. The maximum atomic E-state index is 5.35. The van der Waals surface area contributed by atoms with E-state index in [9.17, 15) is 0 Å². The average Bonchev–Trinajstić information content (AvgIpc) is 2.98. The number of aromatic nitrogens is 4. The number of hydrogen-bond acceptors (Lipinski definition) is 5. The van der Waals surface area contributed by atoms with Crippen molar-refractivity contribution in [1.29, 1.82) is 0 Å². The van der Waals surface area contributed by atoms with E-state index in [2.05, 4.69) is 26.6 Å².